The van der Waals surface area contributed by atoms with Crippen LogP contribution < -0.4 is 4.72 Å². The number of nitrogens with one attached hydrogen (secondary N) is 1. The Labute approximate surface area is 119 Å². The molecule has 0 aromatic heterocycles. The van der Waals surface area contributed by atoms with Crippen LogP contribution in [0.2, 0.25) is 0 Å². The third-order valence-electron chi connectivity index (χ3n) is 2.82. The molecule has 0 saturated heterocycles. The Kier molecular flexibility index (Phi) is 7.11. The van der Waals surface area contributed by atoms with Crippen LogP contribution in [0.15, 0.2) is 29.2 Å². The van der Waals surface area contributed by atoms with Crippen molar-refractivity contribution in [1.29, 1.82) is 0 Å². The molecule has 20 heavy (non-hydrogen) atoms. The van der Waals surface area contributed by atoms with E-state index in [2.05, 4.69) is 4.72 Å². The molecule has 0 aliphatic carbocycles. The summed E-state index contributed by atoms with van der Waals surface area (Å²) in [4.78, 5) is 0.187. The first-order valence-electron chi connectivity index (χ1n) is 6.24. The van der Waals surface area contributed by atoms with Crippen molar-refractivity contribution >= 4 is 10.0 Å². The fourth-order valence-electron chi connectivity index (χ4n) is 1.65. The van der Waals surface area contributed by atoms with Gasteiger partial charge in [-0.15, -0.1) is 0 Å². The molecule has 1 atom stereocenters. The SMILES string of the molecule is COCC(CNS(=O)(=O)c1ccc(CCO)cc1)OC. The van der Waals surface area contributed by atoms with Crippen molar-refractivity contribution in [2.24, 2.45) is 0 Å². The minimum atomic E-state index is -3.56. The molecule has 0 heterocycles. The number of aliphatic hydroxyl groups excluding tert-OH is 1. The first-order chi connectivity index (χ1) is 9.53. The lowest BCUT2D eigenvalue weighted by molar-refractivity contribution is 0.0320. The zero-order valence-corrected chi connectivity index (χ0v) is 12.5. The molecule has 0 saturated carbocycles. The number of ether oxygens (including phenoxy) is 2. The summed E-state index contributed by atoms with van der Waals surface area (Å²) >= 11 is 0. The molecule has 7 heteroatoms. The highest BCUT2D eigenvalue weighted by Crippen LogP contribution is 2.11. The average Bonchev–Trinajstić information content (AvgIpc) is 2.44. The van der Waals surface area contributed by atoms with Crippen LogP contribution in [0.4, 0.5) is 0 Å². The second kappa shape index (κ2) is 8.33. The van der Waals surface area contributed by atoms with Crippen LogP contribution in [0.3, 0.4) is 0 Å². The van der Waals surface area contributed by atoms with E-state index in [4.69, 9.17) is 14.6 Å². The van der Waals surface area contributed by atoms with Crippen molar-refractivity contribution in [3.05, 3.63) is 29.8 Å². The Hall–Kier alpha value is -0.990. The lowest BCUT2D eigenvalue weighted by Crippen LogP contribution is -2.35. The number of rotatable bonds is 9. The molecule has 0 bridgehead atoms. The van der Waals surface area contributed by atoms with E-state index >= 15 is 0 Å². The molecule has 1 rings (SSSR count). The molecule has 1 aromatic carbocycles. The number of sulfonamides is 1. The Balaban J connectivity index is 2.68. The Morgan fingerprint density at radius 3 is 2.40 bits per heavy atom. The smallest absolute Gasteiger partial charge is 0.240 e. The van der Waals surface area contributed by atoms with Crippen molar-refractivity contribution in [3.8, 4) is 0 Å². The topological polar surface area (TPSA) is 84.9 Å². The lowest BCUT2D eigenvalue weighted by Gasteiger charge is -2.15. The summed E-state index contributed by atoms with van der Waals surface area (Å²) in [5.41, 5.74) is 0.889. The van der Waals surface area contributed by atoms with Crippen LogP contribution in [0.1, 0.15) is 5.56 Å². The van der Waals surface area contributed by atoms with E-state index in [1.165, 1.54) is 26.4 Å². The van der Waals surface area contributed by atoms with Gasteiger partial charge < -0.3 is 14.6 Å². The van der Waals surface area contributed by atoms with Crippen molar-refractivity contribution in [2.75, 3.05) is 34.0 Å². The van der Waals surface area contributed by atoms with Gasteiger partial charge in [0.1, 0.15) is 0 Å². The highest BCUT2D eigenvalue weighted by molar-refractivity contribution is 7.89. The van der Waals surface area contributed by atoms with Crippen LogP contribution in [0.25, 0.3) is 0 Å². The van der Waals surface area contributed by atoms with E-state index in [1.807, 2.05) is 0 Å². The Bertz CT molecular complexity index is 486. The van der Waals surface area contributed by atoms with E-state index in [9.17, 15) is 8.42 Å². The van der Waals surface area contributed by atoms with Gasteiger partial charge in [0.15, 0.2) is 0 Å². The van der Waals surface area contributed by atoms with Crippen molar-refractivity contribution in [3.63, 3.8) is 0 Å². The van der Waals surface area contributed by atoms with Crippen molar-refractivity contribution in [1.82, 2.24) is 4.72 Å². The molecule has 0 radical (unpaired) electrons. The van der Waals surface area contributed by atoms with Crippen LogP contribution in [0.5, 0.6) is 0 Å². The summed E-state index contributed by atoms with van der Waals surface area (Å²) in [5.74, 6) is 0. The predicted octanol–water partition coefficient (Wildman–Crippen LogP) is 0.161. The molecular weight excluding hydrogens is 282 g/mol. The first-order valence-corrected chi connectivity index (χ1v) is 7.73. The minimum Gasteiger partial charge on any atom is -0.396 e. The number of hydrogen-bond donors (Lipinski definition) is 2. The predicted molar refractivity (Wildman–Crippen MR) is 75.1 cm³/mol. The summed E-state index contributed by atoms with van der Waals surface area (Å²) in [7, 11) is -0.534. The lowest BCUT2D eigenvalue weighted by atomic mass is 10.2. The van der Waals surface area contributed by atoms with Gasteiger partial charge in [-0.05, 0) is 24.1 Å². The number of aliphatic hydroxyl groups is 1. The Morgan fingerprint density at radius 1 is 1.25 bits per heavy atom. The third kappa shape index (κ3) is 5.18. The number of hydrogen-bond acceptors (Lipinski definition) is 5. The second-order valence-electron chi connectivity index (χ2n) is 4.28. The van der Waals surface area contributed by atoms with Gasteiger partial charge in [0.2, 0.25) is 10.0 Å². The summed E-state index contributed by atoms with van der Waals surface area (Å²) in [5, 5.41) is 8.82. The summed E-state index contributed by atoms with van der Waals surface area (Å²) < 4.78 is 36.6. The largest absolute Gasteiger partial charge is 0.396 e. The van der Waals surface area contributed by atoms with Crippen LogP contribution in [0, 0.1) is 0 Å². The standard InChI is InChI=1S/C13H21NO5S/c1-18-10-12(19-2)9-14-20(16,17)13-5-3-11(4-6-13)7-8-15/h3-6,12,14-15H,7-10H2,1-2H3. The summed E-state index contributed by atoms with van der Waals surface area (Å²) in [6.45, 7) is 0.496. The normalized spacial score (nSPS) is 13.3. The number of methoxy groups -OCH3 is 2. The molecule has 0 aliphatic rings. The molecule has 0 fully saturated rings. The van der Waals surface area contributed by atoms with E-state index < -0.39 is 10.0 Å². The third-order valence-corrected chi connectivity index (χ3v) is 4.26. The quantitative estimate of drug-likeness (QED) is 0.679. The van der Waals surface area contributed by atoms with E-state index in [1.54, 1.807) is 12.1 Å². The molecule has 114 valence electrons. The van der Waals surface area contributed by atoms with E-state index in [-0.39, 0.29) is 24.2 Å². The van der Waals surface area contributed by atoms with Gasteiger partial charge in [-0.3, -0.25) is 0 Å². The molecule has 1 aromatic rings. The van der Waals surface area contributed by atoms with Gasteiger partial charge in [-0.2, -0.15) is 0 Å². The molecule has 0 amide bonds. The van der Waals surface area contributed by atoms with Crippen molar-refractivity contribution < 1.29 is 23.0 Å². The fraction of sp³-hybridized carbons (Fsp3) is 0.538. The first kappa shape index (κ1) is 17.1. The monoisotopic (exact) mass is 303 g/mol. The zero-order valence-electron chi connectivity index (χ0n) is 11.7. The number of benzene rings is 1. The van der Waals surface area contributed by atoms with Crippen molar-refractivity contribution in [2.45, 2.75) is 17.4 Å². The molecule has 0 spiro atoms. The van der Waals surface area contributed by atoms with Gasteiger partial charge in [0.25, 0.3) is 0 Å². The van der Waals surface area contributed by atoms with Gasteiger partial charge in [0, 0.05) is 27.4 Å². The average molecular weight is 303 g/mol. The van der Waals surface area contributed by atoms with Gasteiger partial charge in [-0.25, -0.2) is 13.1 Å². The molecule has 0 aliphatic heterocycles. The van der Waals surface area contributed by atoms with Crippen LogP contribution in [-0.4, -0.2) is 53.6 Å². The van der Waals surface area contributed by atoms with Gasteiger partial charge in [-0.1, -0.05) is 12.1 Å². The minimum absolute atomic E-state index is 0.0386. The highest BCUT2D eigenvalue weighted by atomic mass is 32.2. The van der Waals surface area contributed by atoms with Gasteiger partial charge >= 0.3 is 0 Å². The molecule has 6 nitrogen and oxygen atoms in total. The zero-order chi connectivity index (χ0) is 15.0. The fourth-order valence-corrected chi connectivity index (χ4v) is 2.71. The van der Waals surface area contributed by atoms with Crippen LogP contribution in [-0.2, 0) is 25.9 Å². The maximum Gasteiger partial charge on any atom is 0.240 e. The van der Waals surface area contributed by atoms with Gasteiger partial charge in [0.05, 0.1) is 17.6 Å². The molecular formula is C13H21NO5S. The van der Waals surface area contributed by atoms with E-state index in [0.29, 0.717) is 13.0 Å². The highest BCUT2D eigenvalue weighted by Gasteiger charge is 2.16. The maximum absolute atomic E-state index is 12.1. The summed E-state index contributed by atoms with van der Waals surface area (Å²) in [6.07, 6.45) is 0.177. The van der Waals surface area contributed by atoms with Crippen LogP contribution >= 0.6 is 0 Å². The second-order valence-corrected chi connectivity index (χ2v) is 6.05. The Morgan fingerprint density at radius 2 is 1.90 bits per heavy atom. The maximum atomic E-state index is 12.1. The van der Waals surface area contributed by atoms with E-state index in [0.717, 1.165) is 5.56 Å². The summed E-state index contributed by atoms with van der Waals surface area (Å²) in [6, 6.07) is 6.42. The molecule has 2 N–H and O–H groups in total. The molecule has 1 unspecified atom stereocenters.